The fourth-order valence-electron chi connectivity index (χ4n) is 2.01. The third-order valence-electron chi connectivity index (χ3n) is 3.11. The fraction of sp³-hybridized carbons (Fsp3) is 0.235. The van der Waals surface area contributed by atoms with Gasteiger partial charge in [-0.05, 0) is 51.7 Å². The Labute approximate surface area is 147 Å². The highest BCUT2D eigenvalue weighted by molar-refractivity contribution is 9.11. The van der Waals surface area contributed by atoms with Crippen molar-refractivity contribution in [1.82, 2.24) is 0 Å². The number of amides is 1. The number of carbonyl (C=O) groups excluding carboxylic acids is 1. The first-order valence-corrected chi connectivity index (χ1v) is 8.52. The van der Waals surface area contributed by atoms with Crippen LogP contribution in [0.25, 0.3) is 0 Å². The Kier molecular flexibility index (Phi) is 6.03. The SMILES string of the molecule is CC(C)c1ccccc1OCC(=O)Nc1ccc(Br)cc1Br. The van der Waals surface area contributed by atoms with E-state index in [1.54, 1.807) is 0 Å². The van der Waals surface area contributed by atoms with Crippen molar-refractivity contribution in [3.05, 3.63) is 57.0 Å². The van der Waals surface area contributed by atoms with Crippen LogP contribution in [0.15, 0.2) is 51.4 Å². The van der Waals surface area contributed by atoms with Crippen LogP contribution in [0.5, 0.6) is 5.75 Å². The molecule has 0 fully saturated rings. The van der Waals surface area contributed by atoms with Crippen molar-refractivity contribution in [2.45, 2.75) is 19.8 Å². The molecule has 1 amide bonds. The number of anilines is 1. The number of rotatable bonds is 5. The molecule has 116 valence electrons. The molecule has 2 rings (SSSR count). The first kappa shape index (κ1) is 17.0. The maximum Gasteiger partial charge on any atom is 0.262 e. The number of halogens is 2. The molecule has 0 aliphatic carbocycles. The van der Waals surface area contributed by atoms with Crippen molar-refractivity contribution >= 4 is 43.5 Å². The summed E-state index contributed by atoms with van der Waals surface area (Å²) in [6.07, 6.45) is 0. The molecule has 0 unspecified atom stereocenters. The van der Waals surface area contributed by atoms with Gasteiger partial charge in [0, 0.05) is 8.95 Å². The standard InChI is InChI=1S/C17H17Br2NO2/c1-11(2)13-5-3-4-6-16(13)22-10-17(21)20-15-8-7-12(18)9-14(15)19/h3-9,11H,10H2,1-2H3,(H,20,21). The highest BCUT2D eigenvalue weighted by Crippen LogP contribution is 2.27. The first-order valence-electron chi connectivity index (χ1n) is 6.94. The summed E-state index contributed by atoms with van der Waals surface area (Å²) in [6.45, 7) is 4.18. The molecule has 3 nitrogen and oxygen atoms in total. The zero-order chi connectivity index (χ0) is 16.1. The number of benzene rings is 2. The Morgan fingerprint density at radius 3 is 2.59 bits per heavy atom. The highest BCUT2D eigenvalue weighted by Gasteiger charge is 2.10. The highest BCUT2D eigenvalue weighted by atomic mass is 79.9. The van der Waals surface area contributed by atoms with Crippen molar-refractivity contribution in [3.8, 4) is 5.75 Å². The Balaban J connectivity index is 1.99. The van der Waals surface area contributed by atoms with Crippen LogP contribution in [0.3, 0.4) is 0 Å². The van der Waals surface area contributed by atoms with Crippen LogP contribution in [-0.2, 0) is 4.79 Å². The predicted octanol–water partition coefficient (Wildman–Crippen LogP) is 5.35. The van der Waals surface area contributed by atoms with Crippen LogP contribution in [0.4, 0.5) is 5.69 Å². The molecule has 22 heavy (non-hydrogen) atoms. The minimum Gasteiger partial charge on any atom is -0.483 e. The van der Waals surface area contributed by atoms with Gasteiger partial charge in [-0.1, -0.05) is 48.0 Å². The monoisotopic (exact) mass is 425 g/mol. The second kappa shape index (κ2) is 7.79. The van der Waals surface area contributed by atoms with Crippen LogP contribution in [0, 0.1) is 0 Å². The van der Waals surface area contributed by atoms with Crippen molar-refractivity contribution in [2.24, 2.45) is 0 Å². The molecule has 0 aliphatic heterocycles. The minimum absolute atomic E-state index is 0.0216. The molecular formula is C17H17Br2NO2. The second-order valence-electron chi connectivity index (χ2n) is 5.15. The number of carbonyl (C=O) groups is 1. The lowest BCUT2D eigenvalue weighted by atomic mass is 10.0. The lowest BCUT2D eigenvalue weighted by Crippen LogP contribution is -2.20. The van der Waals surface area contributed by atoms with Gasteiger partial charge in [0.25, 0.3) is 5.91 Å². The molecule has 0 aromatic heterocycles. The van der Waals surface area contributed by atoms with E-state index in [1.165, 1.54) is 0 Å². The molecule has 0 saturated carbocycles. The van der Waals surface area contributed by atoms with Crippen LogP contribution in [0.2, 0.25) is 0 Å². The molecule has 0 atom stereocenters. The average molecular weight is 427 g/mol. The van der Waals surface area contributed by atoms with Gasteiger partial charge in [0.15, 0.2) is 6.61 Å². The van der Waals surface area contributed by atoms with Crippen molar-refractivity contribution in [3.63, 3.8) is 0 Å². The molecule has 0 bridgehead atoms. The van der Waals surface area contributed by atoms with Crippen LogP contribution in [-0.4, -0.2) is 12.5 Å². The van der Waals surface area contributed by atoms with Gasteiger partial charge in [-0.3, -0.25) is 4.79 Å². The van der Waals surface area contributed by atoms with Crippen LogP contribution >= 0.6 is 31.9 Å². The van der Waals surface area contributed by atoms with Crippen LogP contribution in [0.1, 0.15) is 25.3 Å². The average Bonchev–Trinajstić information content (AvgIpc) is 2.48. The van der Waals surface area contributed by atoms with Gasteiger partial charge in [0.1, 0.15) is 5.75 Å². The summed E-state index contributed by atoms with van der Waals surface area (Å²) in [5.41, 5.74) is 1.81. The van der Waals surface area contributed by atoms with Gasteiger partial charge >= 0.3 is 0 Å². The normalized spacial score (nSPS) is 10.6. The summed E-state index contributed by atoms with van der Waals surface area (Å²) in [6, 6.07) is 13.4. The van der Waals surface area contributed by atoms with Crippen molar-refractivity contribution in [1.29, 1.82) is 0 Å². The third-order valence-corrected chi connectivity index (χ3v) is 4.25. The first-order chi connectivity index (χ1) is 10.5. The summed E-state index contributed by atoms with van der Waals surface area (Å²) < 4.78 is 7.42. The Morgan fingerprint density at radius 1 is 1.18 bits per heavy atom. The van der Waals surface area contributed by atoms with Crippen molar-refractivity contribution < 1.29 is 9.53 Å². The van der Waals surface area contributed by atoms with Gasteiger partial charge in [0.05, 0.1) is 5.69 Å². The third kappa shape index (κ3) is 4.58. The molecule has 0 radical (unpaired) electrons. The second-order valence-corrected chi connectivity index (χ2v) is 6.92. The van der Waals surface area contributed by atoms with E-state index in [9.17, 15) is 4.79 Å². The molecule has 0 spiro atoms. The maximum absolute atomic E-state index is 12.0. The Hall–Kier alpha value is -1.33. The predicted molar refractivity (Wildman–Crippen MR) is 96.5 cm³/mol. The summed E-state index contributed by atoms with van der Waals surface area (Å²) in [5.74, 6) is 0.906. The van der Waals surface area contributed by atoms with Gasteiger partial charge in [-0.2, -0.15) is 0 Å². The number of hydrogen-bond donors (Lipinski definition) is 1. The van der Waals surface area contributed by atoms with E-state index in [1.807, 2.05) is 42.5 Å². The van der Waals surface area contributed by atoms with E-state index in [4.69, 9.17) is 4.74 Å². The van der Waals surface area contributed by atoms with E-state index < -0.39 is 0 Å². The summed E-state index contributed by atoms with van der Waals surface area (Å²) in [5, 5.41) is 2.82. The van der Waals surface area contributed by atoms with Crippen molar-refractivity contribution in [2.75, 3.05) is 11.9 Å². The smallest absolute Gasteiger partial charge is 0.262 e. The van der Waals surface area contributed by atoms with Gasteiger partial charge < -0.3 is 10.1 Å². The Morgan fingerprint density at radius 2 is 1.91 bits per heavy atom. The topological polar surface area (TPSA) is 38.3 Å². The van der Waals surface area contributed by atoms with Crippen LogP contribution < -0.4 is 10.1 Å². The lowest BCUT2D eigenvalue weighted by molar-refractivity contribution is -0.118. The quantitative estimate of drug-likeness (QED) is 0.699. The summed E-state index contributed by atoms with van der Waals surface area (Å²) >= 11 is 6.79. The molecule has 2 aromatic carbocycles. The van der Waals surface area contributed by atoms with Gasteiger partial charge in [-0.25, -0.2) is 0 Å². The number of hydrogen-bond acceptors (Lipinski definition) is 2. The molecule has 0 aliphatic rings. The largest absolute Gasteiger partial charge is 0.483 e. The van der Waals surface area contributed by atoms with Gasteiger partial charge in [0.2, 0.25) is 0 Å². The molecule has 0 heterocycles. The van der Waals surface area contributed by atoms with E-state index >= 15 is 0 Å². The van der Waals surface area contributed by atoms with E-state index in [-0.39, 0.29) is 12.5 Å². The maximum atomic E-state index is 12.0. The van der Waals surface area contributed by atoms with Gasteiger partial charge in [-0.15, -0.1) is 0 Å². The zero-order valence-corrected chi connectivity index (χ0v) is 15.6. The molecule has 1 N–H and O–H groups in total. The number of nitrogens with one attached hydrogen (secondary N) is 1. The molecule has 0 saturated heterocycles. The molecule has 2 aromatic rings. The Bertz CT molecular complexity index is 671. The number of ether oxygens (including phenoxy) is 1. The molecular weight excluding hydrogens is 410 g/mol. The van der Waals surface area contributed by atoms with E-state index in [0.717, 1.165) is 20.3 Å². The summed E-state index contributed by atoms with van der Waals surface area (Å²) in [4.78, 5) is 12.0. The zero-order valence-electron chi connectivity index (χ0n) is 12.4. The number of para-hydroxylation sites is 1. The fourth-order valence-corrected chi connectivity index (χ4v) is 3.16. The van der Waals surface area contributed by atoms with E-state index in [2.05, 4.69) is 51.0 Å². The minimum atomic E-state index is -0.193. The summed E-state index contributed by atoms with van der Waals surface area (Å²) in [7, 11) is 0. The van der Waals surface area contributed by atoms with E-state index in [0.29, 0.717) is 11.6 Å². The molecule has 5 heteroatoms. The lowest BCUT2D eigenvalue weighted by Gasteiger charge is -2.14.